The summed E-state index contributed by atoms with van der Waals surface area (Å²) in [7, 11) is 0. The van der Waals surface area contributed by atoms with Gasteiger partial charge >= 0.3 is 6.18 Å². The lowest BCUT2D eigenvalue weighted by atomic mass is 10.2. The summed E-state index contributed by atoms with van der Waals surface area (Å²) in [5.41, 5.74) is 0.171. The van der Waals surface area contributed by atoms with E-state index in [4.69, 9.17) is 0 Å². The molecule has 1 amide bonds. The quantitative estimate of drug-likeness (QED) is 0.451. The summed E-state index contributed by atoms with van der Waals surface area (Å²) in [6, 6.07) is 6.73. The minimum atomic E-state index is -4.60. The number of aryl methyl sites for hydroxylation is 1. The van der Waals surface area contributed by atoms with Crippen molar-refractivity contribution in [3.05, 3.63) is 48.0 Å². The van der Waals surface area contributed by atoms with Gasteiger partial charge in [0.2, 0.25) is 5.91 Å². The molecule has 0 saturated heterocycles. The minimum Gasteiger partial charge on any atom is -0.338 e. The van der Waals surface area contributed by atoms with Crippen LogP contribution in [0.3, 0.4) is 0 Å². The number of aromatic amines is 1. The second-order valence-electron chi connectivity index (χ2n) is 6.56. The number of nitrogens with zero attached hydrogens (tertiary/aromatic N) is 5. The van der Waals surface area contributed by atoms with E-state index in [0.29, 0.717) is 22.8 Å². The molecule has 0 atom stereocenters. The van der Waals surface area contributed by atoms with Gasteiger partial charge in [-0.2, -0.15) is 13.2 Å². The van der Waals surface area contributed by atoms with Crippen LogP contribution in [0.2, 0.25) is 0 Å². The number of rotatable bonds is 4. The summed E-state index contributed by atoms with van der Waals surface area (Å²) in [6.07, 6.45) is -3.11. The molecule has 0 aliphatic carbocycles. The predicted molar refractivity (Wildman–Crippen MR) is 106 cm³/mol. The third kappa shape index (κ3) is 4.42. The van der Waals surface area contributed by atoms with Gasteiger partial charge in [-0.05, 0) is 25.1 Å². The Morgan fingerprint density at radius 2 is 1.90 bits per heavy atom. The average molecular weight is 428 g/mol. The van der Waals surface area contributed by atoms with Gasteiger partial charge in [0.05, 0.1) is 0 Å². The molecule has 0 aliphatic rings. The molecule has 3 N–H and O–H groups in total. The van der Waals surface area contributed by atoms with E-state index < -0.39 is 11.9 Å². The number of hydrogen-bond donors (Lipinski definition) is 3. The van der Waals surface area contributed by atoms with Gasteiger partial charge in [0.1, 0.15) is 28.5 Å². The van der Waals surface area contributed by atoms with Crippen LogP contribution in [0.5, 0.6) is 0 Å². The van der Waals surface area contributed by atoms with Crippen LogP contribution in [0, 0.1) is 6.92 Å². The van der Waals surface area contributed by atoms with Crippen molar-refractivity contribution in [3.8, 4) is 11.5 Å². The number of amides is 1. The highest BCUT2D eigenvalue weighted by Crippen LogP contribution is 2.30. The molecule has 12 heteroatoms. The number of carbonyl (C=O) groups excluding carboxylic acids is 1. The molecule has 0 radical (unpaired) electrons. The highest BCUT2D eigenvalue weighted by atomic mass is 19.4. The van der Waals surface area contributed by atoms with Crippen LogP contribution in [0.25, 0.3) is 22.7 Å². The Bertz CT molecular complexity index is 1280. The molecule has 4 rings (SSSR count). The van der Waals surface area contributed by atoms with E-state index in [2.05, 4.69) is 40.5 Å². The first-order chi connectivity index (χ1) is 14.7. The molecule has 0 fully saturated rings. The Morgan fingerprint density at radius 3 is 2.65 bits per heavy atom. The number of alkyl halides is 3. The summed E-state index contributed by atoms with van der Waals surface area (Å²) >= 11 is 0. The number of anilines is 3. The molecule has 31 heavy (non-hydrogen) atoms. The zero-order valence-electron chi connectivity index (χ0n) is 16.2. The van der Waals surface area contributed by atoms with Crippen molar-refractivity contribution in [2.75, 3.05) is 10.6 Å². The summed E-state index contributed by atoms with van der Waals surface area (Å²) in [5.74, 6) is 0.846. The van der Waals surface area contributed by atoms with E-state index >= 15 is 0 Å². The van der Waals surface area contributed by atoms with Crippen molar-refractivity contribution in [1.29, 1.82) is 0 Å². The van der Waals surface area contributed by atoms with Crippen LogP contribution in [0.4, 0.5) is 30.5 Å². The largest absolute Gasteiger partial charge is 0.433 e. The summed E-state index contributed by atoms with van der Waals surface area (Å²) in [4.78, 5) is 34.9. The molecular formula is C19H15F3N8O. The molecule has 158 valence electrons. The number of aromatic nitrogens is 6. The van der Waals surface area contributed by atoms with Crippen LogP contribution in [-0.2, 0) is 11.0 Å². The van der Waals surface area contributed by atoms with Crippen molar-refractivity contribution in [1.82, 2.24) is 29.9 Å². The minimum absolute atomic E-state index is 0.0243. The van der Waals surface area contributed by atoms with Crippen LogP contribution >= 0.6 is 0 Å². The average Bonchev–Trinajstić information content (AvgIpc) is 3.08. The van der Waals surface area contributed by atoms with Crippen molar-refractivity contribution in [3.63, 3.8) is 0 Å². The van der Waals surface area contributed by atoms with Crippen molar-refractivity contribution in [2.24, 2.45) is 0 Å². The molecule has 0 bridgehead atoms. The standard InChI is InChI=1S/C19H15F3N8O/c1-9-24-15-17(25-9)29-16(12-4-3-5-13(28-12)19(20,21)22)30-18(15)27-11-6-7-23-14(8-11)26-10(2)31/h3-8H,1-2H3,(H3,23,24,25,26,27,29,30,31). The maximum atomic E-state index is 13.1. The van der Waals surface area contributed by atoms with Crippen LogP contribution in [0.15, 0.2) is 36.5 Å². The van der Waals surface area contributed by atoms with E-state index in [1.54, 1.807) is 19.1 Å². The number of fused-ring (bicyclic) bond motifs is 1. The van der Waals surface area contributed by atoms with Gasteiger partial charge in [-0.25, -0.2) is 24.9 Å². The molecule has 0 saturated carbocycles. The first kappa shape index (κ1) is 20.2. The van der Waals surface area contributed by atoms with Crippen LogP contribution in [0.1, 0.15) is 18.4 Å². The number of imidazole rings is 1. The third-order valence-corrected chi connectivity index (χ3v) is 4.06. The molecular weight excluding hydrogens is 413 g/mol. The lowest BCUT2D eigenvalue weighted by Crippen LogP contribution is -2.09. The van der Waals surface area contributed by atoms with E-state index in [1.807, 2.05) is 0 Å². The Morgan fingerprint density at radius 1 is 1.10 bits per heavy atom. The highest BCUT2D eigenvalue weighted by Gasteiger charge is 2.32. The predicted octanol–water partition coefficient (Wildman–Crippen LogP) is 3.84. The van der Waals surface area contributed by atoms with Gasteiger partial charge in [0.15, 0.2) is 17.3 Å². The maximum absolute atomic E-state index is 13.1. The molecule has 4 aromatic rings. The fourth-order valence-electron chi connectivity index (χ4n) is 2.83. The van der Waals surface area contributed by atoms with Gasteiger partial charge in [0, 0.05) is 24.9 Å². The number of H-pyrrole nitrogens is 1. The summed E-state index contributed by atoms with van der Waals surface area (Å²) < 4.78 is 39.2. The monoisotopic (exact) mass is 428 g/mol. The molecule has 0 aliphatic heterocycles. The third-order valence-electron chi connectivity index (χ3n) is 4.06. The van der Waals surface area contributed by atoms with E-state index in [9.17, 15) is 18.0 Å². The Hall–Kier alpha value is -4.09. The van der Waals surface area contributed by atoms with Crippen molar-refractivity contribution in [2.45, 2.75) is 20.0 Å². The Labute approximate surface area is 173 Å². The fourth-order valence-corrected chi connectivity index (χ4v) is 2.83. The Kier molecular flexibility index (Phi) is 4.97. The first-order valence-electron chi connectivity index (χ1n) is 8.99. The molecule has 4 heterocycles. The number of nitrogens with one attached hydrogen (secondary N) is 3. The number of pyridine rings is 2. The molecule has 0 aromatic carbocycles. The second-order valence-corrected chi connectivity index (χ2v) is 6.56. The second kappa shape index (κ2) is 7.63. The smallest absolute Gasteiger partial charge is 0.338 e. The van der Waals surface area contributed by atoms with E-state index in [0.717, 1.165) is 6.07 Å². The van der Waals surface area contributed by atoms with Crippen LogP contribution < -0.4 is 10.6 Å². The fraction of sp³-hybridized carbons (Fsp3) is 0.158. The first-order valence-corrected chi connectivity index (χ1v) is 8.99. The van der Waals surface area contributed by atoms with Gasteiger partial charge in [-0.15, -0.1) is 0 Å². The van der Waals surface area contributed by atoms with Gasteiger partial charge in [-0.1, -0.05) is 6.07 Å². The lowest BCUT2D eigenvalue weighted by Gasteiger charge is -2.10. The molecule has 4 aromatic heterocycles. The molecule has 9 nitrogen and oxygen atoms in total. The number of carbonyl (C=O) groups is 1. The van der Waals surface area contributed by atoms with Crippen molar-refractivity contribution >= 4 is 34.4 Å². The highest BCUT2D eigenvalue weighted by molar-refractivity contribution is 5.89. The van der Waals surface area contributed by atoms with Gasteiger partial charge in [-0.3, -0.25) is 4.79 Å². The normalized spacial score (nSPS) is 11.5. The van der Waals surface area contributed by atoms with Gasteiger partial charge in [0.25, 0.3) is 0 Å². The van der Waals surface area contributed by atoms with Gasteiger partial charge < -0.3 is 15.6 Å². The lowest BCUT2D eigenvalue weighted by molar-refractivity contribution is -0.141. The summed E-state index contributed by atoms with van der Waals surface area (Å²) in [5, 5.41) is 5.64. The molecule has 0 spiro atoms. The number of halogens is 3. The number of hydrogen-bond acceptors (Lipinski definition) is 7. The van der Waals surface area contributed by atoms with E-state index in [-0.39, 0.29) is 28.9 Å². The zero-order chi connectivity index (χ0) is 22.2. The molecule has 0 unspecified atom stereocenters. The zero-order valence-corrected chi connectivity index (χ0v) is 16.2. The topological polar surface area (TPSA) is 121 Å². The van der Waals surface area contributed by atoms with Crippen molar-refractivity contribution < 1.29 is 18.0 Å². The maximum Gasteiger partial charge on any atom is 0.433 e. The SMILES string of the molecule is CC(=O)Nc1cc(Nc2nc(-c3cccc(C(F)(F)F)n3)nc3nc(C)[nH]c23)ccn1. The Balaban J connectivity index is 1.79. The van der Waals surface area contributed by atoms with Crippen LogP contribution in [-0.4, -0.2) is 35.8 Å². The summed E-state index contributed by atoms with van der Waals surface area (Å²) in [6.45, 7) is 3.08. The van der Waals surface area contributed by atoms with E-state index in [1.165, 1.54) is 25.3 Å².